The minimum absolute atomic E-state index is 0.304. The molecule has 0 saturated carbocycles. The van der Waals surface area contributed by atoms with Gasteiger partial charge in [0.05, 0.1) is 18.7 Å². The van der Waals surface area contributed by atoms with Crippen LogP contribution in [0.1, 0.15) is 12.5 Å². The SMILES string of the molecule is CC1(CNCc2ccc(Br)c3cccnc23)COC1. The standard InChI is InChI=1S/C15H17BrN2O/c1-15(9-19-10-15)8-17-7-11-4-5-13(16)12-3-2-6-18-14(11)12/h2-6,17H,7-10H2,1H3. The first-order chi connectivity index (χ1) is 9.18. The average Bonchev–Trinajstić information content (AvgIpc) is 2.40. The molecule has 1 fully saturated rings. The van der Waals surface area contributed by atoms with Crippen LogP contribution in [0, 0.1) is 5.41 Å². The first-order valence-corrected chi connectivity index (χ1v) is 7.28. The van der Waals surface area contributed by atoms with Gasteiger partial charge in [0.25, 0.3) is 0 Å². The molecule has 1 N–H and O–H groups in total. The number of ether oxygens (including phenoxy) is 1. The lowest BCUT2D eigenvalue weighted by Crippen LogP contribution is -2.47. The lowest BCUT2D eigenvalue weighted by molar-refractivity contribution is -0.0991. The number of pyridine rings is 1. The first kappa shape index (κ1) is 13.0. The Morgan fingerprint density at radius 1 is 1.37 bits per heavy atom. The molecule has 3 nitrogen and oxygen atoms in total. The van der Waals surface area contributed by atoms with Gasteiger partial charge in [0.2, 0.25) is 0 Å². The van der Waals surface area contributed by atoms with Crippen LogP contribution >= 0.6 is 15.9 Å². The van der Waals surface area contributed by atoms with Gasteiger partial charge in [0.15, 0.2) is 0 Å². The predicted molar refractivity (Wildman–Crippen MR) is 80.1 cm³/mol. The van der Waals surface area contributed by atoms with Crippen molar-refractivity contribution in [3.05, 3.63) is 40.5 Å². The van der Waals surface area contributed by atoms with Crippen molar-refractivity contribution < 1.29 is 4.74 Å². The van der Waals surface area contributed by atoms with E-state index in [2.05, 4.69) is 51.4 Å². The topological polar surface area (TPSA) is 34.2 Å². The third-order valence-electron chi connectivity index (χ3n) is 3.57. The summed E-state index contributed by atoms with van der Waals surface area (Å²) < 4.78 is 6.36. The van der Waals surface area contributed by atoms with Gasteiger partial charge in [-0.1, -0.05) is 35.0 Å². The number of nitrogens with one attached hydrogen (secondary N) is 1. The number of hydrogen-bond acceptors (Lipinski definition) is 3. The number of fused-ring (bicyclic) bond motifs is 1. The van der Waals surface area contributed by atoms with Crippen LogP contribution in [-0.4, -0.2) is 24.7 Å². The van der Waals surface area contributed by atoms with Gasteiger partial charge in [-0.05, 0) is 17.7 Å². The second-order valence-electron chi connectivity index (χ2n) is 5.51. The molecule has 1 aromatic heterocycles. The van der Waals surface area contributed by atoms with E-state index < -0.39 is 0 Å². The van der Waals surface area contributed by atoms with Crippen LogP contribution in [0.3, 0.4) is 0 Å². The Kier molecular flexibility index (Phi) is 3.56. The molecule has 2 aromatic rings. The fourth-order valence-electron chi connectivity index (χ4n) is 2.39. The number of rotatable bonds is 4. The summed E-state index contributed by atoms with van der Waals surface area (Å²) in [6, 6.07) is 8.29. The number of aromatic nitrogens is 1. The molecule has 4 heteroatoms. The van der Waals surface area contributed by atoms with Crippen LogP contribution in [0.5, 0.6) is 0 Å². The number of hydrogen-bond donors (Lipinski definition) is 1. The Bertz CT molecular complexity index is 596. The van der Waals surface area contributed by atoms with Crippen molar-refractivity contribution in [2.45, 2.75) is 13.5 Å². The third kappa shape index (κ3) is 2.66. The van der Waals surface area contributed by atoms with Crippen LogP contribution < -0.4 is 5.32 Å². The van der Waals surface area contributed by atoms with Crippen molar-refractivity contribution in [1.29, 1.82) is 0 Å². The first-order valence-electron chi connectivity index (χ1n) is 6.49. The van der Waals surface area contributed by atoms with Crippen molar-refractivity contribution in [2.75, 3.05) is 19.8 Å². The summed E-state index contributed by atoms with van der Waals surface area (Å²) in [5, 5.41) is 4.69. The molecule has 0 aliphatic carbocycles. The molecule has 19 heavy (non-hydrogen) atoms. The van der Waals surface area contributed by atoms with Crippen molar-refractivity contribution in [1.82, 2.24) is 10.3 Å². The van der Waals surface area contributed by atoms with Gasteiger partial charge >= 0.3 is 0 Å². The van der Waals surface area contributed by atoms with Gasteiger partial charge in [0, 0.05) is 34.6 Å². The van der Waals surface area contributed by atoms with E-state index in [9.17, 15) is 0 Å². The zero-order valence-corrected chi connectivity index (χ0v) is 12.5. The summed E-state index contributed by atoms with van der Waals surface area (Å²) in [6.45, 7) is 5.80. The molecule has 3 rings (SSSR count). The molecular formula is C15H17BrN2O. The highest BCUT2D eigenvalue weighted by Gasteiger charge is 2.32. The molecule has 2 heterocycles. The van der Waals surface area contributed by atoms with Gasteiger partial charge in [-0.2, -0.15) is 0 Å². The smallest absolute Gasteiger partial charge is 0.0758 e. The summed E-state index contributed by atoms with van der Waals surface area (Å²) in [5.41, 5.74) is 2.61. The van der Waals surface area contributed by atoms with Crippen LogP contribution in [0.2, 0.25) is 0 Å². The molecule has 0 atom stereocenters. The molecule has 0 bridgehead atoms. The van der Waals surface area contributed by atoms with E-state index in [0.29, 0.717) is 5.41 Å². The molecular weight excluding hydrogens is 304 g/mol. The van der Waals surface area contributed by atoms with E-state index >= 15 is 0 Å². The largest absolute Gasteiger partial charge is 0.380 e. The van der Waals surface area contributed by atoms with Gasteiger partial charge in [0.1, 0.15) is 0 Å². The molecule has 100 valence electrons. The minimum Gasteiger partial charge on any atom is -0.380 e. The second kappa shape index (κ2) is 5.19. The summed E-state index contributed by atoms with van der Waals surface area (Å²) in [6.07, 6.45) is 1.85. The van der Waals surface area contributed by atoms with Crippen molar-refractivity contribution in [3.63, 3.8) is 0 Å². The fraction of sp³-hybridized carbons (Fsp3) is 0.400. The molecule has 0 radical (unpaired) electrons. The Morgan fingerprint density at radius 3 is 2.95 bits per heavy atom. The van der Waals surface area contributed by atoms with Crippen LogP contribution in [-0.2, 0) is 11.3 Å². The van der Waals surface area contributed by atoms with Crippen molar-refractivity contribution in [2.24, 2.45) is 5.41 Å². The molecule has 1 saturated heterocycles. The zero-order chi connectivity index (χ0) is 13.3. The minimum atomic E-state index is 0.304. The van der Waals surface area contributed by atoms with E-state index in [1.807, 2.05) is 12.3 Å². The monoisotopic (exact) mass is 320 g/mol. The van der Waals surface area contributed by atoms with Gasteiger partial charge < -0.3 is 10.1 Å². The molecule has 1 aliphatic heterocycles. The van der Waals surface area contributed by atoms with Crippen LogP contribution in [0.15, 0.2) is 34.9 Å². The molecule has 0 unspecified atom stereocenters. The van der Waals surface area contributed by atoms with Crippen LogP contribution in [0.25, 0.3) is 10.9 Å². The fourth-order valence-corrected chi connectivity index (χ4v) is 2.84. The van der Waals surface area contributed by atoms with Crippen LogP contribution in [0.4, 0.5) is 0 Å². The van der Waals surface area contributed by atoms with E-state index in [0.717, 1.165) is 36.3 Å². The third-order valence-corrected chi connectivity index (χ3v) is 4.26. The average molecular weight is 321 g/mol. The molecule has 1 aliphatic rings. The Morgan fingerprint density at radius 2 is 2.21 bits per heavy atom. The summed E-state index contributed by atoms with van der Waals surface area (Å²) in [5.74, 6) is 0. The van der Waals surface area contributed by atoms with E-state index in [4.69, 9.17) is 4.74 Å². The zero-order valence-electron chi connectivity index (χ0n) is 10.9. The quantitative estimate of drug-likeness (QED) is 0.939. The summed E-state index contributed by atoms with van der Waals surface area (Å²) in [7, 11) is 0. The normalized spacial score (nSPS) is 17.4. The Balaban J connectivity index is 1.76. The molecule has 1 aromatic carbocycles. The van der Waals surface area contributed by atoms with Crippen molar-refractivity contribution in [3.8, 4) is 0 Å². The Hall–Kier alpha value is -0.970. The summed E-state index contributed by atoms with van der Waals surface area (Å²) in [4.78, 5) is 4.50. The number of nitrogens with zero attached hydrogens (tertiary/aromatic N) is 1. The van der Waals surface area contributed by atoms with E-state index in [-0.39, 0.29) is 0 Å². The van der Waals surface area contributed by atoms with Gasteiger partial charge in [-0.15, -0.1) is 0 Å². The maximum atomic E-state index is 5.27. The Labute approximate surface area is 121 Å². The number of benzene rings is 1. The highest BCUT2D eigenvalue weighted by Crippen LogP contribution is 2.27. The summed E-state index contributed by atoms with van der Waals surface area (Å²) >= 11 is 3.57. The maximum absolute atomic E-state index is 5.27. The maximum Gasteiger partial charge on any atom is 0.0758 e. The van der Waals surface area contributed by atoms with Gasteiger partial charge in [-0.25, -0.2) is 0 Å². The highest BCUT2D eigenvalue weighted by molar-refractivity contribution is 9.10. The number of halogens is 1. The lowest BCUT2D eigenvalue weighted by Gasteiger charge is -2.38. The highest BCUT2D eigenvalue weighted by atomic mass is 79.9. The van der Waals surface area contributed by atoms with Gasteiger partial charge in [-0.3, -0.25) is 4.98 Å². The van der Waals surface area contributed by atoms with E-state index in [1.54, 1.807) is 0 Å². The van der Waals surface area contributed by atoms with E-state index in [1.165, 1.54) is 10.9 Å². The lowest BCUT2D eigenvalue weighted by atomic mass is 9.89. The molecule has 0 amide bonds. The molecule has 0 spiro atoms. The van der Waals surface area contributed by atoms with Crippen molar-refractivity contribution >= 4 is 26.8 Å². The predicted octanol–water partition coefficient (Wildman–Crippen LogP) is 3.12. The second-order valence-corrected chi connectivity index (χ2v) is 6.37.